The van der Waals surface area contributed by atoms with Crippen molar-refractivity contribution < 1.29 is 134 Å². The van der Waals surface area contributed by atoms with Crippen LogP contribution in [0.4, 0.5) is 62.3 Å². The summed E-state index contributed by atoms with van der Waals surface area (Å²) in [6.45, 7) is -0.590. The number of methoxy groups -OCH3 is 2. The average molecular weight is 1330 g/mol. The second kappa shape index (κ2) is 53.7. The fourth-order valence-electron chi connectivity index (χ4n) is 5.13. The van der Waals surface area contributed by atoms with Crippen molar-refractivity contribution in [3.8, 4) is 0 Å². The Labute approximate surface area is 479 Å². The number of carbonyl (C=O) groups excluding carboxylic acids is 7. The molecule has 0 spiro atoms. The molecule has 17 nitrogen and oxygen atoms in total. The van der Waals surface area contributed by atoms with E-state index in [1.54, 1.807) is 6.92 Å². The molecule has 1 aliphatic heterocycles. The average Bonchev–Trinajstić information content (AvgIpc) is 3.42. The summed E-state index contributed by atoms with van der Waals surface area (Å²) in [5.41, 5.74) is -1.29. The number of esters is 5. The molecule has 31 heteroatoms. The number of ether oxygens (including phenoxy) is 9. The van der Waals surface area contributed by atoms with Gasteiger partial charge in [-0.25, -0.2) is 62.3 Å². The van der Waals surface area contributed by atoms with Crippen LogP contribution >= 0.6 is 31.9 Å². The van der Waals surface area contributed by atoms with Gasteiger partial charge in [0.05, 0.1) is 25.0 Å². The minimum Gasteiger partial charge on any atom is -0.468 e. The van der Waals surface area contributed by atoms with Gasteiger partial charge in [-0.1, -0.05) is 92.5 Å². The van der Waals surface area contributed by atoms with Gasteiger partial charge in [0.25, 0.3) is 0 Å². The maximum Gasteiger partial charge on any atom is 0.510 e. The fraction of sp³-hybridized carbons (Fsp3) is 0.620. The zero-order chi connectivity index (χ0) is 64.1. The van der Waals surface area contributed by atoms with E-state index in [-0.39, 0.29) is 54.6 Å². The quantitative estimate of drug-likeness (QED) is 0.0597. The van der Waals surface area contributed by atoms with Crippen LogP contribution in [0.15, 0.2) is 60.7 Å². The monoisotopic (exact) mass is 1330 g/mol. The summed E-state index contributed by atoms with van der Waals surface area (Å²) in [6.07, 6.45) is -0.809. The molecule has 1 fully saturated rings. The van der Waals surface area contributed by atoms with E-state index < -0.39 is 113 Å². The summed E-state index contributed by atoms with van der Waals surface area (Å²) in [6, 6.07) is 19.7. The Morgan fingerprint density at radius 3 is 1.20 bits per heavy atom. The van der Waals surface area contributed by atoms with E-state index in [0.29, 0.717) is 12.8 Å². The Kier molecular flexibility index (Phi) is 57.5. The molecular weight excluding hydrogens is 1260 g/mol. The van der Waals surface area contributed by atoms with Crippen molar-refractivity contribution in [3.05, 3.63) is 71.8 Å². The van der Waals surface area contributed by atoms with E-state index in [9.17, 15) is 86.2 Å². The van der Waals surface area contributed by atoms with Crippen LogP contribution in [0, 0.1) is 21.7 Å². The first-order valence-corrected chi connectivity index (χ1v) is 24.7. The molecule has 1 aliphatic rings. The van der Waals surface area contributed by atoms with Crippen molar-refractivity contribution in [2.24, 2.45) is 21.7 Å². The van der Waals surface area contributed by atoms with Crippen LogP contribution in [0.25, 0.3) is 0 Å². The molecular formula is C50H72Br2F12O17. The lowest BCUT2D eigenvalue weighted by atomic mass is 9.86. The van der Waals surface area contributed by atoms with Gasteiger partial charge in [0.1, 0.15) is 63.8 Å². The second-order valence-electron chi connectivity index (χ2n) is 16.6. The Bertz CT molecular complexity index is 1830. The number of rotatable bonds is 19. The largest absolute Gasteiger partial charge is 0.510 e. The highest BCUT2D eigenvalue weighted by Crippen LogP contribution is 2.38. The highest BCUT2D eigenvalue weighted by Gasteiger charge is 2.41. The lowest BCUT2D eigenvalue weighted by Crippen LogP contribution is -2.43. The van der Waals surface area contributed by atoms with Gasteiger partial charge in [-0.3, -0.25) is 24.0 Å². The van der Waals surface area contributed by atoms with E-state index in [1.165, 1.54) is 14.0 Å². The van der Waals surface area contributed by atoms with E-state index in [0.717, 1.165) is 25.2 Å². The van der Waals surface area contributed by atoms with E-state index >= 15 is 0 Å². The van der Waals surface area contributed by atoms with Gasteiger partial charge in [0, 0.05) is 16.6 Å². The summed E-state index contributed by atoms with van der Waals surface area (Å²) >= 11 is 7.15. The maximum absolute atomic E-state index is 12.0. The molecule has 0 saturated carbocycles. The third-order valence-electron chi connectivity index (χ3n) is 9.08. The molecule has 0 radical (unpaired) electrons. The third kappa shape index (κ3) is 46.7. The van der Waals surface area contributed by atoms with Crippen LogP contribution in [0.1, 0.15) is 82.1 Å². The van der Waals surface area contributed by atoms with Gasteiger partial charge in [-0.2, -0.15) is 0 Å². The third-order valence-corrected chi connectivity index (χ3v) is 10.8. The Hall–Kier alpha value is -5.59. The van der Waals surface area contributed by atoms with Crippen molar-refractivity contribution in [3.63, 3.8) is 0 Å². The Balaban J connectivity index is -0.000000214. The first-order valence-electron chi connectivity index (χ1n) is 22.9. The Morgan fingerprint density at radius 1 is 0.580 bits per heavy atom. The number of carbonyl (C=O) groups is 7. The second-order valence-corrected chi connectivity index (χ2v) is 18.8. The number of cyclic esters (lactones) is 2. The van der Waals surface area contributed by atoms with Gasteiger partial charge in [-0.05, 0) is 65.5 Å². The summed E-state index contributed by atoms with van der Waals surface area (Å²) in [5, 5.41) is 6.90. The van der Waals surface area contributed by atoms with Crippen LogP contribution < -0.4 is 0 Å². The minimum atomic E-state index is -1.75. The van der Waals surface area contributed by atoms with Crippen LogP contribution in [0.3, 0.4) is 0 Å². The lowest BCUT2D eigenvalue weighted by Gasteiger charge is -2.28. The van der Waals surface area contributed by atoms with Gasteiger partial charge in [0.15, 0.2) is 6.86 Å². The molecule has 3 unspecified atom stereocenters. The van der Waals surface area contributed by atoms with Crippen molar-refractivity contribution in [2.45, 2.75) is 71.0 Å². The number of hydrogen-bond acceptors (Lipinski definition) is 17. The van der Waals surface area contributed by atoms with Crippen molar-refractivity contribution in [2.75, 3.05) is 109 Å². The first kappa shape index (κ1) is 86.7. The molecule has 1 N–H and O–H groups in total. The van der Waals surface area contributed by atoms with Crippen LogP contribution in [0.2, 0.25) is 0 Å². The molecule has 3 rings (SSSR count). The number of alkyl halides is 14. The fourth-order valence-corrected chi connectivity index (χ4v) is 7.36. The molecule has 1 saturated heterocycles. The first-order chi connectivity index (χ1) is 37.9. The molecule has 0 amide bonds. The van der Waals surface area contributed by atoms with E-state index in [1.807, 2.05) is 88.4 Å². The predicted octanol–water partition coefficient (Wildman–Crippen LogP) is 12.7. The maximum atomic E-state index is 12.0. The summed E-state index contributed by atoms with van der Waals surface area (Å²) in [7, 11) is 2.41. The normalized spacial score (nSPS) is 12.9. The highest BCUT2D eigenvalue weighted by atomic mass is 79.9. The molecule has 81 heavy (non-hydrogen) atoms. The van der Waals surface area contributed by atoms with Crippen molar-refractivity contribution in [1.29, 1.82) is 0 Å². The predicted molar refractivity (Wildman–Crippen MR) is 276 cm³/mol. The molecule has 2 aromatic carbocycles. The molecule has 2 aromatic rings. The molecule has 0 aliphatic carbocycles. The summed E-state index contributed by atoms with van der Waals surface area (Å²) in [5.74, 6) is -2.50. The highest BCUT2D eigenvalue weighted by molar-refractivity contribution is 9.09. The van der Waals surface area contributed by atoms with Crippen LogP contribution in [-0.2, 0) is 66.6 Å². The van der Waals surface area contributed by atoms with E-state index in [4.69, 9.17) is 14.6 Å². The summed E-state index contributed by atoms with van der Waals surface area (Å²) < 4.78 is 163. The van der Waals surface area contributed by atoms with E-state index in [2.05, 4.69) is 65.0 Å². The van der Waals surface area contributed by atoms with Crippen LogP contribution in [0.5, 0.6) is 0 Å². The zero-order valence-electron chi connectivity index (χ0n) is 46.0. The number of hydrogen-bond donors (Lipinski definition) is 1. The molecule has 3 atom stereocenters. The number of aliphatic hydroxyl groups is 1. The Morgan fingerprint density at radius 2 is 0.914 bits per heavy atom. The molecule has 1 heterocycles. The minimum absolute atomic E-state index is 0.0124. The van der Waals surface area contributed by atoms with Gasteiger partial charge in [0.2, 0.25) is 34.6 Å². The molecule has 0 aromatic heterocycles. The number of benzene rings is 2. The van der Waals surface area contributed by atoms with Crippen molar-refractivity contribution >= 4 is 74.0 Å². The van der Waals surface area contributed by atoms with Gasteiger partial charge >= 0.3 is 42.2 Å². The van der Waals surface area contributed by atoms with Crippen molar-refractivity contribution in [1.82, 2.24) is 0 Å². The SMILES string of the molecule is CC(C)(CC(Br)c1ccccc1)C(=O)OCCF.CC(C)(CC(Br)c1ccccc1)C(=O)OCCF.COC(=O)C(C)(COC(C)=O)COC(=O)OCF.COC(=O)C1(C)COC(=O)OC1.FCF.FCF.FCF.FCF.OCF. The topological polar surface area (TPSA) is 223 Å². The lowest BCUT2D eigenvalue weighted by molar-refractivity contribution is -0.164. The molecule has 472 valence electrons. The molecule has 0 bridgehead atoms. The number of aliphatic hydroxyl groups excluding tert-OH is 1. The standard InChI is InChI=1S/2C14H18BrFO2.C10H15FO7.C7H10O5.4CH2F2.CH3FO/c2*1-14(2,13(17)18-9-8-16)10-12(15)11-6-4-3-5-7-11;1-7(12)16-4-10(2,8(13)15-3)5-17-9(14)18-6-11;1-7(5(8)10-2)3-11-6(9)12-4-7;5*2-1-3/h2*3-7,12H,8-10H2,1-2H3;4-6H2,1-3H3;3-4H2,1-2H3;4*1H2;3H,1H2. The summed E-state index contributed by atoms with van der Waals surface area (Å²) in [4.78, 5) is 78.3. The number of halogens is 14. The zero-order valence-corrected chi connectivity index (χ0v) is 49.2. The van der Waals surface area contributed by atoms with Crippen LogP contribution in [-0.4, -0.2) is 156 Å². The smallest absolute Gasteiger partial charge is 0.468 e. The van der Waals surface area contributed by atoms with Gasteiger partial charge in [-0.15, -0.1) is 0 Å². The van der Waals surface area contributed by atoms with Gasteiger partial charge < -0.3 is 47.7 Å².